The van der Waals surface area contributed by atoms with Gasteiger partial charge < -0.3 is 5.32 Å². The first kappa shape index (κ1) is 12.5. The molecule has 2 aromatic rings. The highest BCUT2D eigenvalue weighted by molar-refractivity contribution is 5.46. The lowest BCUT2D eigenvalue weighted by atomic mass is 10.1. The summed E-state index contributed by atoms with van der Waals surface area (Å²) in [5.41, 5.74) is 1.98. The second-order valence-corrected chi connectivity index (χ2v) is 4.03. The predicted molar refractivity (Wildman–Crippen MR) is 64.8 cm³/mol. The topological polar surface area (TPSA) is 12.0 Å². The number of halogens is 3. The van der Waals surface area contributed by atoms with Gasteiger partial charge in [0.2, 0.25) is 0 Å². The Morgan fingerprint density at radius 2 is 1.61 bits per heavy atom. The molecule has 0 aliphatic heterocycles. The van der Waals surface area contributed by atoms with Gasteiger partial charge in [0, 0.05) is 18.7 Å². The second-order valence-electron chi connectivity index (χ2n) is 4.03. The smallest absolute Gasteiger partial charge is 0.161 e. The SMILES string of the molecule is Cc1ccccc1CNc1cc(F)c(F)cc1F. The maximum absolute atomic E-state index is 13.4. The van der Waals surface area contributed by atoms with E-state index in [1.54, 1.807) is 0 Å². The van der Waals surface area contributed by atoms with Crippen molar-refractivity contribution in [1.82, 2.24) is 0 Å². The van der Waals surface area contributed by atoms with Gasteiger partial charge in [-0.25, -0.2) is 13.2 Å². The molecule has 0 atom stereocenters. The third-order valence-electron chi connectivity index (χ3n) is 2.74. The van der Waals surface area contributed by atoms with Crippen LogP contribution in [0.5, 0.6) is 0 Å². The molecule has 0 spiro atoms. The maximum atomic E-state index is 13.4. The summed E-state index contributed by atoms with van der Waals surface area (Å²) in [4.78, 5) is 0. The van der Waals surface area contributed by atoms with Gasteiger partial charge in [-0.2, -0.15) is 0 Å². The van der Waals surface area contributed by atoms with Crippen LogP contribution in [0.1, 0.15) is 11.1 Å². The lowest BCUT2D eigenvalue weighted by molar-refractivity contribution is 0.496. The van der Waals surface area contributed by atoms with Crippen LogP contribution in [-0.2, 0) is 6.54 Å². The van der Waals surface area contributed by atoms with Crippen LogP contribution in [0.15, 0.2) is 36.4 Å². The van der Waals surface area contributed by atoms with Crippen molar-refractivity contribution in [3.63, 3.8) is 0 Å². The van der Waals surface area contributed by atoms with Crippen LogP contribution in [0.25, 0.3) is 0 Å². The van der Waals surface area contributed by atoms with Crippen molar-refractivity contribution in [2.24, 2.45) is 0 Å². The minimum absolute atomic E-state index is 0.0443. The first-order valence-corrected chi connectivity index (χ1v) is 5.51. The minimum Gasteiger partial charge on any atom is -0.379 e. The maximum Gasteiger partial charge on any atom is 0.161 e. The highest BCUT2D eigenvalue weighted by Crippen LogP contribution is 2.19. The molecule has 2 rings (SSSR count). The fraction of sp³-hybridized carbons (Fsp3) is 0.143. The van der Waals surface area contributed by atoms with E-state index in [1.807, 2.05) is 31.2 Å². The van der Waals surface area contributed by atoms with Crippen LogP contribution in [-0.4, -0.2) is 0 Å². The Labute approximate surface area is 103 Å². The molecule has 1 N–H and O–H groups in total. The molecule has 0 amide bonds. The Balaban J connectivity index is 2.16. The van der Waals surface area contributed by atoms with Gasteiger partial charge in [-0.15, -0.1) is 0 Å². The van der Waals surface area contributed by atoms with Crippen molar-refractivity contribution >= 4 is 5.69 Å². The number of aryl methyl sites for hydroxylation is 1. The fourth-order valence-electron chi connectivity index (χ4n) is 1.66. The first-order chi connectivity index (χ1) is 8.58. The van der Waals surface area contributed by atoms with Crippen LogP contribution in [0.3, 0.4) is 0 Å². The number of rotatable bonds is 3. The Morgan fingerprint density at radius 1 is 0.944 bits per heavy atom. The van der Waals surface area contributed by atoms with E-state index in [9.17, 15) is 13.2 Å². The number of benzene rings is 2. The van der Waals surface area contributed by atoms with Crippen LogP contribution in [0, 0.1) is 24.4 Å². The van der Waals surface area contributed by atoms with Crippen LogP contribution < -0.4 is 5.32 Å². The molecule has 0 bridgehead atoms. The van der Waals surface area contributed by atoms with E-state index < -0.39 is 17.5 Å². The molecule has 0 fully saturated rings. The van der Waals surface area contributed by atoms with Gasteiger partial charge in [0.25, 0.3) is 0 Å². The van der Waals surface area contributed by atoms with Gasteiger partial charge in [0.1, 0.15) is 5.82 Å². The van der Waals surface area contributed by atoms with E-state index in [-0.39, 0.29) is 5.69 Å². The molecule has 0 saturated carbocycles. The molecule has 4 heteroatoms. The molecule has 0 aliphatic carbocycles. The highest BCUT2D eigenvalue weighted by Gasteiger charge is 2.09. The number of anilines is 1. The zero-order valence-electron chi connectivity index (χ0n) is 9.81. The van der Waals surface area contributed by atoms with E-state index in [0.29, 0.717) is 12.6 Å². The molecular formula is C14H12F3N. The molecule has 18 heavy (non-hydrogen) atoms. The standard InChI is InChI=1S/C14H12F3N/c1-9-4-2-3-5-10(9)8-18-14-7-12(16)11(15)6-13(14)17/h2-7,18H,8H2,1H3. The van der Waals surface area contributed by atoms with Crippen molar-refractivity contribution in [2.75, 3.05) is 5.32 Å². The summed E-state index contributed by atoms with van der Waals surface area (Å²) in [5.74, 6) is -3.06. The van der Waals surface area contributed by atoms with E-state index in [0.717, 1.165) is 17.2 Å². The van der Waals surface area contributed by atoms with Crippen LogP contribution in [0.2, 0.25) is 0 Å². The summed E-state index contributed by atoms with van der Waals surface area (Å²) in [7, 11) is 0. The van der Waals surface area contributed by atoms with Gasteiger partial charge in [0.15, 0.2) is 11.6 Å². The normalized spacial score (nSPS) is 10.4. The largest absolute Gasteiger partial charge is 0.379 e. The molecule has 0 heterocycles. The summed E-state index contributed by atoms with van der Waals surface area (Å²) >= 11 is 0. The van der Waals surface area contributed by atoms with E-state index in [2.05, 4.69) is 5.32 Å². The van der Waals surface area contributed by atoms with Crippen LogP contribution in [0.4, 0.5) is 18.9 Å². The fourth-order valence-corrected chi connectivity index (χ4v) is 1.66. The van der Waals surface area contributed by atoms with Crippen LogP contribution >= 0.6 is 0 Å². The zero-order chi connectivity index (χ0) is 13.1. The van der Waals surface area contributed by atoms with E-state index in [1.165, 1.54) is 0 Å². The second kappa shape index (κ2) is 5.12. The van der Waals surface area contributed by atoms with Crippen molar-refractivity contribution in [3.05, 3.63) is 65.0 Å². The average Bonchev–Trinajstić information content (AvgIpc) is 2.34. The van der Waals surface area contributed by atoms with Gasteiger partial charge in [0.05, 0.1) is 5.69 Å². The molecule has 0 radical (unpaired) electrons. The molecular weight excluding hydrogens is 239 g/mol. The molecule has 1 nitrogen and oxygen atoms in total. The summed E-state index contributed by atoms with van der Waals surface area (Å²) in [6.45, 7) is 2.29. The van der Waals surface area contributed by atoms with Crippen molar-refractivity contribution in [1.29, 1.82) is 0 Å². The lowest BCUT2D eigenvalue weighted by Crippen LogP contribution is -2.04. The summed E-state index contributed by atoms with van der Waals surface area (Å²) in [6, 6.07) is 8.94. The van der Waals surface area contributed by atoms with Crippen molar-refractivity contribution < 1.29 is 13.2 Å². The predicted octanol–water partition coefficient (Wildman–Crippen LogP) is 4.02. The molecule has 0 aliphatic rings. The Hall–Kier alpha value is -1.97. The molecule has 0 saturated heterocycles. The summed E-state index contributed by atoms with van der Waals surface area (Å²) in [6.07, 6.45) is 0. The minimum atomic E-state index is -1.19. The molecule has 2 aromatic carbocycles. The third-order valence-corrected chi connectivity index (χ3v) is 2.74. The first-order valence-electron chi connectivity index (χ1n) is 5.51. The van der Waals surface area contributed by atoms with Gasteiger partial charge in [-0.05, 0) is 18.1 Å². The summed E-state index contributed by atoms with van der Waals surface area (Å²) in [5, 5.41) is 2.76. The Bertz CT molecular complexity index is 567. The number of hydrogen-bond acceptors (Lipinski definition) is 1. The lowest BCUT2D eigenvalue weighted by Gasteiger charge is -2.10. The molecule has 0 aromatic heterocycles. The van der Waals surface area contributed by atoms with Crippen molar-refractivity contribution in [2.45, 2.75) is 13.5 Å². The monoisotopic (exact) mass is 251 g/mol. The van der Waals surface area contributed by atoms with Gasteiger partial charge >= 0.3 is 0 Å². The zero-order valence-corrected chi connectivity index (χ0v) is 9.81. The van der Waals surface area contributed by atoms with E-state index in [4.69, 9.17) is 0 Å². The molecule has 94 valence electrons. The number of hydrogen-bond donors (Lipinski definition) is 1. The van der Waals surface area contributed by atoms with Gasteiger partial charge in [-0.1, -0.05) is 24.3 Å². The molecule has 0 unspecified atom stereocenters. The Morgan fingerprint density at radius 3 is 2.33 bits per heavy atom. The van der Waals surface area contributed by atoms with E-state index >= 15 is 0 Å². The van der Waals surface area contributed by atoms with Crippen molar-refractivity contribution in [3.8, 4) is 0 Å². The third kappa shape index (κ3) is 2.64. The summed E-state index contributed by atoms with van der Waals surface area (Å²) < 4.78 is 39.1. The Kier molecular flexibility index (Phi) is 3.55. The number of nitrogens with one attached hydrogen (secondary N) is 1. The average molecular weight is 251 g/mol. The highest BCUT2D eigenvalue weighted by atomic mass is 19.2. The van der Waals surface area contributed by atoms with Gasteiger partial charge in [-0.3, -0.25) is 0 Å². The quantitative estimate of drug-likeness (QED) is 0.812.